The van der Waals surface area contributed by atoms with Gasteiger partial charge < -0.3 is 10.2 Å². The minimum absolute atomic E-state index is 0.681. The number of oxazole rings is 1. The maximum Gasteiger partial charge on any atom is 0.191 e. The van der Waals surface area contributed by atoms with Gasteiger partial charge in [-0.25, -0.2) is 4.98 Å². The predicted molar refractivity (Wildman–Crippen MR) is 56.0 cm³/mol. The lowest BCUT2D eigenvalue weighted by atomic mass is 10.3. The molecule has 0 spiro atoms. The first-order chi connectivity index (χ1) is 6.67. The molecule has 4 nitrogen and oxygen atoms in total. The summed E-state index contributed by atoms with van der Waals surface area (Å²) in [6.07, 6.45) is 0. The molecule has 0 saturated heterocycles. The second-order valence-corrected chi connectivity index (χ2v) is 3.40. The summed E-state index contributed by atoms with van der Waals surface area (Å²) in [6.45, 7) is 9.33. The third-order valence-corrected chi connectivity index (χ3v) is 2.26. The summed E-state index contributed by atoms with van der Waals surface area (Å²) < 4.78 is 5.50. The highest BCUT2D eigenvalue weighted by Crippen LogP contribution is 2.11. The van der Waals surface area contributed by atoms with Crippen molar-refractivity contribution in [2.45, 2.75) is 27.3 Å². The number of nitrogens with two attached hydrogens (primary N) is 1. The number of aryl methyl sites for hydroxylation is 2. The Morgan fingerprint density at radius 1 is 1.43 bits per heavy atom. The number of aromatic nitrogens is 1. The zero-order valence-corrected chi connectivity index (χ0v) is 9.21. The molecule has 0 radical (unpaired) electrons. The van der Waals surface area contributed by atoms with E-state index in [2.05, 4.69) is 16.8 Å². The van der Waals surface area contributed by atoms with E-state index in [9.17, 15) is 0 Å². The fourth-order valence-electron chi connectivity index (χ4n) is 1.45. The largest absolute Gasteiger partial charge is 0.444 e. The summed E-state index contributed by atoms with van der Waals surface area (Å²) in [4.78, 5) is 6.48. The zero-order valence-electron chi connectivity index (χ0n) is 9.21. The molecular weight excluding hydrogens is 178 g/mol. The average Bonchev–Trinajstić information content (AvgIpc) is 2.44. The number of likely N-dealkylation sites (N-methyl/N-ethyl adjacent to an activating group) is 1. The molecule has 0 aliphatic carbocycles. The number of nitrogens with zero attached hydrogens (tertiary/aromatic N) is 2. The summed E-state index contributed by atoms with van der Waals surface area (Å²) in [5.74, 6) is 1.69. The second-order valence-electron chi connectivity index (χ2n) is 3.40. The van der Waals surface area contributed by atoms with Crippen molar-refractivity contribution in [3.8, 4) is 0 Å². The van der Waals surface area contributed by atoms with E-state index in [1.807, 2.05) is 13.8 Å². The van der Waals surface area contributed by atoms with E-state index in [-0.39, 0.29) is 0 Å². The minimum Gasteiger partial charge on any atom is -0.444 e. The van der Waals surface area contributed by atoms with Gasteiger partial charge in [0.1, 0.15) is 5.76 Å². The van der Waals surface area contributed by atoms with Crippen molar-refractivity contribution in [3.05, 3.63) is 17.3 Å². The summed E-state index contributed by atoms with van der Waals surface area (Å²) in [7, 11) is 0. The van der Waals surface area contributed by atoms with Gasteiger partial charge in [-0.05, 0) is 13.5 Å². The molecule has 0 amide bonds. The van der Waals surface area contributed by atoms with Crippen LogP contribution in [0.25, 0.3) is 0 Å². The molecule has 0 atom stereocenters. The first-order valence-electron chi connectivity index (χ1n) is 5.02. The van der Waals surface area contributed by atoms with Crippen LogP contribution in [0.5, 0.6) is 0 Å². The molecule has 0 aliphatic heterocycles. The van der Waals surface area contributed by atoms with Crippen molar-refractivity contribution in [2.75, 3.05) is 19.6 Å². The maximum absolute atomic E-state index is 5.51. The maximum atomic E-state index is 5.51. The van der Waals surface area contributed by atoms with E-state index in [0.717, 1.165) is 37.0 Å². The van der Waals surface area contributed by atoms with Crippen LogP contribution in [0.3, 0.4) is 0 Å². The van der Waals surface area contributed by atoms with Crippen molar-refractivity contribution in [1.82, 2.24) is 9.88 Å². The van der Waals surface area contributed by atoms with Gasteiger partial charge in [0, 0.05) is 20.0 Å². The summed E-state index contributed by atoms with van der Waals surface area (Å²) >= 11 is 0. The lowest BCUT2D eigenvalue weighted by Crippen LogP contribution is -2.28. The molecule has 0 unspecified atom stereocenters. The highest BCUT2D eigenvalue weighted by Gasteiger charge is 2.10. The van der Waals surface area contributed by atoms with Crippen LogP contribution in [-0.2, 0) is 6.54 Å². The number of hydrogen-bond acceptors (Lipinski definition) is 4. The molecule has 4 heteroatoms. The van der Waals surface area contributed by atoms with Crippen molar-refractivity contribution < 1.29 is 4.42 Å². The Hall–Kier alpha value is -0.870. The Labute approximate surface area is 85.1 Å². The molecule has 0 fully saturated rings. The van der Waals surface area contributed by atoms with Gasteiger partial charge in [0.05, 0.1) is 12.2 Å². The summed E-state index contributed by atoms with van der Waals surface area (Å²) in [5, 5.41) is 0. The van der Waals surface area contributed by atoms with Crippen molar-refractivity contribution in [2.24, 2.45) is 5.73 Å². The van der Waals surface area contributed by atoms with Gasteiger partial charge in [-0.1, -0.05) is 6.92 Å². The van der Waals surface area contributed by atoms with Gasteiger partial charge in [0.25, 0.3) is 0 Å². The highest BCUT2D eigenvalue weighted by molar-refractivity contribution is 5.07. The van der Waals surface area contributed by atoms with Crippen molar-refractivity contribution in [1.29, 1.82) is 0 Å². The number of hydrogen-bond donors (Lipinski definition) is 1. The van der Waals surface area contributed by atoms with Crippen LogP contribution >= 0.6 is 0 Å². The Bertz CT molecular complexity index is 283. The minimum atomic E-state index is 0.681. The smallest absolute Gasteiger partial charge is 0.191 e. The zero-order chi connectivity index (χ0) is 10.6. The van der Waals surface area contributed by atoms with Gasteiger partial charge in [0.15, 0.2) is 5.89 Å². The quantitative estimate of drug-likeness (QED) is 0.767. The van der Waals surface area contributed by atoms with E-state index < -0.39 is 0 Å². The second kappa shape index (κ2) is 5.12. The van der Waals surface area contributed by atoms with Gasteiger partial charge in [0.2, 0.25) is 0 Å². The van der Waals surface area contributed by atoms with Crippen LogP contribution < -0.4 is 5.73 Å². The Balaban J connectivity index is 2.61. The fraction of sp³-hybridized carbons (Fsp3) is 0.700. The molecule has 1 heterocycles. The molecule has 1 rings (SSSR count). The molecular formula is C10H19N3O. The topological polar surface area (TPSA) is 55.3 Å². The first kappa shape index (κ1) is 11.2. The van der Waals surface area contributed by atoms with Crippen LogP contribution in [0.15, 0.2) is 4.42 Å². The molecule has 0 aromatic carbocycles. The number of rotatable bonds is 5. The normalized spacial score (nSPS) is 11.2. The van der Waals surface area contributed by atoms with Crippen LogP contribution in [-0.4, -0.2) is 29.5 Å². The molecule has 0 aliphatic rings. The molecule has 0 bridgehead atoms. The molecule has 1 aromatic heterocycles. The van der Waals surface area contributed by atoms with Gasteiger partial charge in [-0.15, -0.1) is 0 Å². The van der Waals surface area contributed by atoms with E-state index in [1.165, 1.54) is 0 Å². The molecule has 80 valence electrons. The average molecular weight is 197 g/mol. The SMILES string of the molecule is CCN(CCN)Cc1oc(C)nc1C. The standard InChI is InChI=1S/C10H19N3O/c1-4-13(6-5-11)7-10-8(2)12-9(3)14-10/h4-7,11H2,1-3H3. The Kier molecular flexibility index (Phi) is 4.10. The van der Waals surface area contributed by atoms with Crippen LogP contribution in [0, 0.1) is 13.8 Å². The van der Waals surface area contributed by atoms with Crippen LogP contribution in [0.4, 0.5) is 0 Å². The molecule has 2 N–H and O–H groups in total. The van der Waals surface area contributed by atoms with Gasteiger partial charge >= 0.3 is 0 Å². The van der Waals surface area contributed by atoms with Crippen LogP contribution in [0.2, 0.25) is 0 Å². The summed E-state index contributed by atoms with van der Waals surface area (Å²) in [6, 6.07) is 0. The Morgan fingerprint density at radius 3 is 2.57 bits per heavy atom. The lowest BCUT2D eigenvalue weighted by Gasteiger charge is -2.17. The third-order valence-electron chi connectivity index (χ3n) is 2.26. The Morgan fingerprint density at radius 2 is 2.14 bits per heavy atom. The lowest BCUT2D eigenvalue weighted by molar-refractivity contribution is 0.260. The molecule has 14 heavy (non-hydrogen) atoms. The van der Waals surface area contributed by atoms with E-state index >= 15 is 0 Å². The van der Waals surface area contributed by atoms with E-state index in [1.54, 1.807) is 0 Å². The fourth-order valence-corrected chi connectivity index (χ4v) is 1.45. The monoisotopic (exact) mass is 197 g/mol. The predicted octanol–water partition coefficient (Wildman–Crippen LogP) is 1.07. The van der Waals surface area contributed by atoms with Crippen LogP contribution in [0.1, 0.15) is 24.3 Å². The van der Waals surface area contributed by atoms with E-state index in [4.69, 9.17) is 10.2 Å². The first-order valence-corrected chi connectivity index (χ1v) is 5.02. The van der Waals surface area contributed by atoms with Gasteiger partial charge in [-0.2, -0.15) is 0 Å². The highest BCUT2D eigenvalue weighted by atomic mass is 16.4. The van der Waals surface area contributed by atoms with E-state index in [0.29, 0.717) is 6.54 Å². The van der Waals surface area contributed by atoms with Crippen molar-refractivity contribution >= 4 is 0 Å². The third kappa shape index (κ3) is 2.82. The van der Waals surface area contributed by atoms with Crippen molar-refractivity contribution in [3.63, 3.8) is 0 Å². The molecule has 0 saturated carbocycles. The van der Waals surface area contributed by atoms with Gasteiger partial charge in [-0.3, -0.25) is 4.90 Å². The summed E-state index contributed by atoms with van der Waals surface area (Å²) in [5.41, 5.74) is 6.50. The molecule has 1 aromatic rings.